The molecule has 0 fully saturated rings. The number of hydrogen-bond acceptors (Lipinski definition) is 6. The van der Waals surface area contributed by atoms with Gasteiger partial charge in [-0.05, 0) is 29.0 Å². The van der Waals surface area contributed by atoms with Crippen molar-refractivity contribution in [2.45, 2.75) is 13.0 Å². The second kappa shape index (κ2) is 7.92. The van der Waals surface area contributed by atoms with E-state index in [0.717, 1.165) is 12.0 Å². The van der Waals surface area contributed by atoms with Gasteiger partial charge in [-0.3, -0.25) is 0 Å². The zero-order chi connectivity index (χ0) is 15.1. The van der Waals surface area contributed by atoms with E-state index in [2.05, 4.69) is 15.5 Å². The van der Waals surface area contributed by atoms with E-state index in [0.29, 0.717) is 42.9 Å². The molecule has 1 aromatic heterocycles. The number of tetrazole rings is 1. The second-order valence-electron chi connectivity index (χ2n) is 4.39. The predicted octanol–water partition coefficient (Wildman–Crippen LogP) is 1.63. The van der Waals surface area contributed by atoms with Gasteiger partial charge in [-0.2, -0.15) is 0 Å². The van der Waals surface area contributed by atoms with Crippen molar-refractivity contribution in [1.29, 1.82) is 0 Å². The largest absolute Gasteiger partial charge is 0.397 e. The molecule has 2 rings (SSSR count). The minimum Gasteiger partial charge on any atom is -0.397 e. The molecule has 2 aromatic rings. The normalized spacial score (nSPS) is 11.0. The van der Waals surface area contributed by atoms with Gasteiger partial charge < -0.3 is 15.2 Å². The van der Waals surface area contributed by atoms with E-state index in [1.807, 2.05) is 12.1 Å². The summed E-state index contributed by atoms with van der Waals surface area (Å²) in [6.45, 7) is 2.43. The summed E-state index contributed by atoms with van der Waals surface area (Å²) < 4.78 is 12.0. The van der Waals surface area contributed by atoms with E-state index in [9.17, 15) is 0 Å². The van der Waals surface area contributed by atoms with Crippen molar-refractivity contribution in [3.05, 3.63) is 23.2 Å². The van der Waals surface area contributed by atoms with Gasteiger partial charge in [0.05, 0.1) is 23.9 Å². The molecule has 0 unspecified atom stereocenters. The molecule has 0 spiro atoms. The number of aromatic nitrogens is 4. The van der Waals surface area contributed by atoms with Gasteiger partial charge >= 0.3 is 0 Å². The Morgan fingerprint density at radius 1 is 1.29 bits per heavy atom. The van der Waals surface area contributed by atoms with Crippen LogP contribution in [0.2, 0.25) is 5.02 Å². The van der Waals surface area contributed by atoms with Gasteiger partial charge in [0.25, 0.3) is 0 Å². The van der Waals surface area contributed by atoms with Crippen molar-refractivity contribution >= 4 is 17.3 Å². The highest BCUT2D eigenvalue weighted by Gasteiger charge is 2.13. The third kappa shape index (κ3) is 4.13. The van der Waals surface area contributed by atoms with Crippen LogP contribution in [0.15, 0.2) is 18.2 Å². The van der Waals surface area contributed by atoms with Gasteiger partial charge in [0.1, 0.15) is 0 Å². The number of halogens is 1. The molecular formula is C13H18ClN5O2. The van der Waals surface area contributed by atoms with Crippen LogP contribution in [0, 0.1) is 0 Å². The molecule has 2 N–H and O–H groups in total. The van der Waals surface area contributed by atoms with Gasteiger partial charge in [-0.15, -0.1) is 5.10 Å². The van der Waals surface area contributed by atoms with Crippen molar-refractivity contribution in [1.82, 2.24) is 20.2 Å². The Labute approximate surface area is 128 Å². The molecule has 0 aliphatic carbocycles. The van der Waals surface area contributed by atoms with E-state index in [1.165, 1.54) is 0 Å². The van der Waals surface area contributed by atoms with Crippen LogP contribution in [-0.2, 0) is 16.0 Å². The van der Waals surface area contributed by atoms with Crippen LogP contribution in [-0.4, -0.2) is 47.1 Å². The van der Waals surface area contributed by atoms with E-state index in [-0.39, 0.29) is 0 Å². The number of anilines is 1. The minimum atomic E-state index is 0.478. The second-order valence-corrected chi connectivity index (χ2v) is 4.79. The number of rotatable bonds is 8. The maximum Gasteiger partial charge on any atom is 0.184 e. The Bertz CT molecular complexity index is 575. The summed E-state index contributed by atoms with van der Waals surface area (Å²) in [5.41, 5.74) is 7.18. The Morgan fingerprint density at radius 2 is 2.14 bits per heavy atom. The number of methoxy groups -OCH3 is 1. The number of para-hydroxylation sites is 1. The summed E-state index contributed by atoms with van der Waals surface area (Å²) in [7, 11) is 1.64. The summed E-state index contributed by atoms with van der Waals surface area (Å²) in [4.78, 5) is 0. The number of benzene rings is 1. The van der Waals surface area contributed by atoms with Crippen molar-refractivity contribution < 1.29 is 9.47 Å². The number of ether oxygens (including phenoxy) is 2. The molecule has 8 heteroatoms. The first-order chi connectivity index (χ1) is 10.2. The van der Waals surface area contributed by atoms with E-state index in [1.54, 1.807) is 17.9 Å². The molecule has 0 atom stereocenters. The summed E-state index contributed by atoms with van der Waals surface area (Å²) in [6, 6.07) is 5.40. The molecule has 0 amide bonds. The molecular weight excluding hydrogens is 294 g/mol. The van der Waals surface area contributed by atoms with Crippen LogP contribution in [0.25, 0.3) is 11.4 Å². The maximum absolute atomic E-state index is 6.02. The lowest BCUT2D eigenvalue weighted by Gasteiger charge is -2.08. The fourth-order valence-electron chi connectivity index (χ4n) is 1.84. The lowest BCUT2D eigenvalue weighted by Crippen LogP contribution is -2.09. The molecule has 0 aliphatic heterocycles. The Hall–Kier alpha value is -1.70. The molecule has 0 saturated heterocycles. The highest BCUT2D eigenvalue weighted by molar-refractivity contribution is 6.33. The first-order valence-electron chi connectivity index (χ1n) is 6.61. The van der Waals surface area contributed by atoms with Crippen LogP contribution in [0.5, 0.6) is 0 Å². The summed E-state index contributed by atoms with van der Waals surface area (Å²) >= 11 is 6.02. The van der Waals surface area contributed by atoms with Crippen LogP contribution >= 0.6 is 11.6 Å². The lowest BCUT2D eigenvalue weighted by molar-refractivity contribution is 0.0677. The smallest absolute Gasteiger partial charge is 0.184 e. The van der Waals surface area contributed by atoms with Crippen molar-refractivity contribution in [3.63, 3.8) is 0 Å². The standard InChI is InChI=1S/C13H18ClN5O2/c1-20-8-9-21-7-3-6-19-13(16-17-18-19)10-4-2-5-11(14)12(10)15/h2,4-5H,3,6-9,15H2,1H3. The van der Waals surface area contributed by atoms with Gasteiger partial charge in [0.2, 0.25) is 0 Å². The number of hydrogen-bond donors (Lipinski definition) is 1. The average Bonchev–Trinajstić information content (AvgIpc) is 2.94. The van der Waals surface area contributed by atoms with Crippen LogP contribution in [0.3, 0.4) is 0 Å². The third-order valence-electron chi connectivity index (χ3n) is 2.92. The molecule has 1 aromatic carbocycles. The third-order valence-corrected chi connectivity index (χ3v) is 3.25. The molecule has 114 valence electrons. The fraction of sp³-hybridized carbons (Fsp3) is 0.462. The molecule has 0 bridgehead atoms. The minimum absolute atomic E-state index is 0.478. The zero-order valence-electron chi connectivity index (χ0n) is 11.8. The van der Waals surface area contributed by atoms with Crippen LogP contribution in [0.1, 0.15) is 6.42 Å². The Morgan fingerprint density at radius 3 is 2.95 bits per heavy atom. The predicted molar refractivity (Wildman–Crippen MR) is 80.0 cm³/mol. The topological polar surface area (TPSA) is 88.1 Å². The molecule has 1 heterocycles. The molecule has 21 heavy (non-hydrogen) atoms. The number of nitrogen functional groups attached to an aromatic ring is 1. The lowest BCUT2D eigenvalue weighted by atomic mass is 10.1. The van der Waals surface area contributed by atoms with Crippen molar-refractivity contribution in [3.8, 4) is 11.4 Å². The van der Waals surface area contributed by atoms with Crippen LogP contribution in [0.4, 0.5) is 5.69 Å². The summed E-state index contributed by atoms with van der Waals surface area (Å²) in [5.74, 6) is 0.604. The van der Waals surface area contributed by atoms with Crippen molar-refractivity contribution in [2.75, 3.05) is 32.7 Å². The first-order valence-corrected chi connectivity index (χ1v) is 6.99. The number of nitrogens with zero attached hydrogens (tertiary/aromatic N) is 4. The van der Waals surface area contributed by atoms with Crippen molar-refractivity contribution in [2.24, 2.45) is 0 Å². The molecule has 0 aliphatic rings. The van der Waals surface area contributed by atoms with Gasteiger partial charge in [0, 0.05) is 25.8 Å². The number of aryl methyl sites for hydroxylation is 1. The first kappa shape index (κ1) is 15.7. The summed E-state index contributed by atoms with van der Waals surface area (Å²) in [5, 5.41) is 12.2. The van der Waals surface area contributed by atoms with E-state index < -0.39 is 0 Å². The average molecular weight is 312 g/mol. The molecule has 7 nitrogen and oxygen atoms in total. The van der Waals surface area contributed by atoms with Gasteiger partial charge in [0.15, 0.2) is 5.82 Å². The SMILES string of the molecule is COCCOCCCn1nnnc1-c1cccc(Cl)c1N. The highest BCUT2D eigenvalue weighted by Crippen LogP contribution is 2.29. The Kier molecular flexibility index (Phi) is 5.91. The maximum atomic E-state index is 6.02. The zero-order valence-corrected chi connectivity index (χ0v) is 12.6. The number of nitrogens with two attached hydrogens (primary N) is 1. The highest BCUT2D eigenvalue weighted by atomic mass is 35.5. The van der Waals surface area contributed by atoms with Crippen LogP contribution < -0.4 is 5.73 Å². The molecule has 0 radical (unpaired) electrons. The summed E-state index contributed by atoms with van der Waals surface area (Å²) in [6.07, 6.45) is 0.794. The van der Waals surface area contributed by atoms with E-state index >= 15 is 0 Å². The quantitative estimate of drug-likeness (QED) is 0.589. The fourth-order valence-corrected chi connectivity index (χ4v) is 2.02. The van der Waals surface area contributed by atoms with Gasteiger partial charge in [-0.25, -0.2) is 4.68 Å². The van der Waals surface area contributed by atoms with Gasteiger partial charge in [-0.1, -0.05) is 17.7 Å². The molecule has 0 saturated carbocycles. The van der Waals surface area contributed by atoms with E-state index in [4.69, 9.17) is 26.8 Å². The Balaban J connectivity index is 1.97. The monoisotopic (exact) mass is 311 g/mol.